The number of hydrogen-bond acceptors (Lipinski definition) is 2. The van der Waals surface area contributed by atoms with Gasteiger partial charge in [-0.3, -0.25) is 0 Å². The molecule has 0 amide bonds. The Balaban J connectivity index is 3.27. The zero-order valence-corrected chi connectivity index (χ0v) is 7.12. The molecule has 1 heterocycles. The van der Waals surface area contributed by atoms with Crippen molar-refractivity contribution in [3.8, 4) is 0 Å². The molecule has 1 rings (SSSR count). The first kappa shape index (κ1) is 11.6. The van der Waals surface area contributed by atoms with Crippen LogP contribution in [0.4, 0.5) is 26.3 Å². The standard InChI is InChI=1S/C5H4F6O2S/c6-1-2(7)14(12,13)4(10)5(1,11)3(8)9/h1-4H. The van der Waals surface area contributed by atoms with Gasteiger partial charge in [-0.05, 0) is 0 Å². The van der Waals surface area contributed by atoms with Gasteiger partial charge in [-0.25, -0.2) is 34.8 Å². The summed E-state index contributed by atoms with van der Waals surface area (Å²) < 4.78 is 95.0. The van der Waals surface area contributed by atoms with Gasteiger partial charge in [0.2, 0.25) is 20.8 Å². The Morgan fingerprint density at radius 2 is 1.57 bits per heavy atom. The largest absolute Gasteiger partial charge is 0.279 e. The summed E-state index contributed by atoms with van der Waals surface area (Å²) in [5, 5.41) is 0. The lowest BCUT2D eigenvalue weighted by Crippen LogP contribution is -2.46. The first-order valence-electron chi connectivity index (χ1n) is 3.28. The summed E-state index contributed by atoms with van der Waals surface area (Å²) in [5.74, 6) is 0. The van der Waals surface area contributed by atoms with E-state index in [0.29, 0.717) is 0 Å². The molecule has 2 nitrogen and oxygen atoms in total. The van der Waals surface area contributed by atoms with Gasteiger partial charge in [0.1, 0.15) is 0 Å². The lowest BCUT2D eigenvalue weighted by atomic mass is 10.0. The van der Waals surface area contributed by atoms with Crippen molar-refractivity contribution in [1.29, 1.82) is 0 Å². The molecule has 0 aromatic heterocycles. The lowest BCUT2D eigenvalue weighted by molar-refractivity contribution is -0.102. The average Bonchev–Trinajstić information content (AvgIpc) is 2.21. The summed E-state index contributed by atoms with van der Waals surface area (Å²) in [6.45, 7) is 0. The summed E-state index contributed by atoms with van der Waals surface area (Å²) in [6, 6.07) is 0. The summed E-state index contributed by atoms with van der Waals surface area (Å²) in [7, 11) is -5.47. The predicted molar refractivity (Wildman–Crippen MR) is 33.5 cm³/mol. The summed E-state index contributed by atoms with van der Waals surface area (Å²) in [4.78, 5) is 0. The van der Waals surface area contributed by atoms with Crippen molar-refractivity contribution in [2.24, 2.45) is 0 Å². The van der Waals surface area contributed by atoms with Crippen molar-refractivity contribution in [1.82, 2.24) is 0 Å². The molecule has 14 heavy (non-hydrogen) atoms. The van der Waals surface area contributed by atoms with E-state index in [2.05, 4.69) is 0 Å². The molecule has 0 N–H and O–H groups in total. The molecule has 4 atom stereocenters. The van der Waals surface area contributed by atoms with Gasteiger partial charge < -0.3 is 0 Å². The number of halogens is 6. The van der Waals surface area contributed by atoms with Crippen LogP contribution in [0.1, 0.15) is 0 Å². The summed E-state index contributed by atoms with van der Waals surface area (Å²) >= 11 is 0. The third kappa shape index (κ3) is 1.14. The number of hydrogen-bond donors (Lipinski definition) is 0. The van der Waals surface area contributed by atoms with Gasteiger partial charge >= 0.3 is 0 Å². The van der Waals surface area contributed by atoms with Crippen LogP contribution >= 0.6 is 0 Å². The first-order valence-corrected chi connectivity index (χ1v) is 4.89. The van der Waals surface area contributed by atoms with Crippen LogP contribution in [0.2, 0.25) is 0 Å². The minimum atomic E-state index is -5.47. The Bertz CT molecular complexity index is 329. The van der Waals surface area contributed by atoms with Gasteiger partial charge in [-0.15, -0.1) is 0 Å². The first-order chi connectivity index (χ1) is 6.16. The molecule has 1 aliphatic rings. The topological polar surface area (TPSA) is 34.1 Å². The van der Waals surface area contributed by atoms with Crippen molar-refractivity contribution in [2.75, 3.05) is 0 Å². The van der Waals surface area contributed by atoms with E-state index < -0.39 is 39.1 Å². The highest BCUT2D eigenvalue weighted by Crippen LogP contribution is 2.46. The summed E-state index contributed by atoms with van der Waals surface area (Å²) in [5.41, 5.74) is -12.1. The van der Waals surface area contributed by atoms with Crippen molar-refractivity contribution < 1.29 is 34.8 Å². The highest BCUT2D eigenvalue weighted by atomic mass is 32.2. The molecular weight excluding hydrogens is 238 g/mol. The fourth-order valence-electron chi connectivity index (χ4n) is 1.08. The van der Waals surface area contributed by atoms with Gasteiger partial charge in [0.15, 0.2) is 6.17 Å². The number of sulfone groups is 1. The molecule has 0 spiro atoms. The highest BCUT2D eigenvalue weighted by Gasteiger charge is 2.72. The summed E-state index contributed by atoms with van der Waals surface area (Å²) in [6.07, 6.45) is -7.95. The Morgan fingerprint density at radius 1 is 1.14 bits per heavy atom. The molecule has 0 bridgehead atoms. The van der Waals surface area contributed by atoms with Gasteiger partial charge in [0.25, 0.3) is 12.1 Å². The van der Waals surface area contributed by atoms with E-state index in [-0.39, 0.29) is 0 Å². The number of rotatable bonds is 1. The quantitative estimate of drug-likeness (QED) is 0.650. The van der Waals surface area contributed by atoms with E-state index in [1.54, 1.807) is 0 Å². The number of alkyl halides is 6. The molecule has 0 saturated carbocycles. The molecular formula is C5H4F6O2S. The molecule has 1 fully saturated rings. The molecule has 0 radical (unpaired) electrons. The van der Waals surface area contributed by atoms with Crippen molar-refractivity contribution >= 4 is 9.84 Å². The third-order valence-electron chi connectivity index (χ3n) is 1.94. The van der Waals surface area contributed by atoms with E-state index in [4.69, 9.17) is 0 Å². The van der Waals surface area contributed by atoms with Crippen LogP contribution in [-0.4, -0.2) is 37.7 Å². The Kier molecular flexibility index (Phi) is 2.49. The second-order valence-corrected chi connectivity index (χ2v) is 4.83. The van der Waals surface area contributed by atoms with Crippen LogP contribution in [-0.2, 0) is 9.84 Å². The van der Waals surface area contributed by atoms with Crippen molar-refractivity contribution in [2.45, 2.75) is 29.3 Å². The van der Waals surface area contributed by atoms with E-state index in [9.17, 15) is 34.8 Å². The Morgan fingerprint density at radius 3 is 1.71 bits per heavy atom. The monoisotopic (exact) mass is 242 g/mol. The van der Waals surface area contributed by atoms with Crippen molar-refractivity contribution in [3.05, 3.63) is 0 Å². The smallest absolute Gasteiger partial charge is 0.239 e. The molecule has 1 saturated heterocycles. The molecule has 9 heteroatoms. The normalized spacial score (nSPS) is 47.2. The molecule has 1 aliphatic heterocycles. The maximum Gasteiger partial charge on any atom is 0.279 e. The van der Waals surface area contributed by atoms with E-state index in [1.165, 1.54) is 0 Å². The third-order valence-corrected chi connectivity index (χ3v) is 3.74. The lowest BCUT2D eigenvalue weighted by Gasteiger charge is -2.20. The van der Waals surface area contributed by atoms with E-state index in [1.807, 2.05) is 0 Å². The van der Waals surface area contributed by atoms with Crippen LogP contribution in [0.5, 0.6) is 0 Å². The minimum absolute atomic E-state index is 3.59. The van der Waals surface area contributed by atoms with Crippen LogP contribution in [0.3, 0.4) is 0 Å². The van der Waals surface area contributed by atoms with Crippen LogP contribution in [0, 0.1) is 0 Å². The average molecular weight is 242 g/mol. The second kappa shape index (κ2) is 3.01. The van der Waals surface area contributed by atoms with Gasteiger partial charge in [-0.1, -0.05) is 0 Å². The molecule has 0 aromatic rings. The fraction of sp³-hybridized carbons (Fsp3) is 1.00. The maximum atomic E-state index is 12.8. The molecule has 0 aromatic carbocycles. The molecule has 4 unspecified atom stereocenters. The zero-order chi connectivity index (χ0) is 11.3. The van der Waals surface area contributed by atoms with Gasteiger partial charge in [0, 0.05) is 0 Å². The van der Waals surface area contributed by atoms with Crippen LogP contribution in [0.15, 0.2) is 0 Å². The SMILES string of the molecule is O=S1(=O)C(F)C(F)C(F)(C(F)F)C1F. The van der Waals surface area contributed by atoms with Gasteiger partial charge in [0.05, 0.1) is 0 Å². The highest BCUT2D eigenvalue weighted by molar-refractivity contribution is 7.92. The van der Waals surface area contributed by atoms with Gasteiger partial charge in [-0.2, -0.15) is 0 Å². The van der Waals surface area contributed by atoms with Crippen LogP contribution < -0.4 is 0 Å². The second-order valence-electron chi connectivity index (χ2n) is 2.79. The Hall–Kier alpha value is -0.470. The van der Waals surface area contributed by atoms with E-state index >= 15 is 0 Å². The predicted octanol–water partition coefficient (Wildman–Crippen LogP) is 1.32. The molecule has 0 aliphatic carbocycles. The Labute approximate surface area is 74.8 Å². The minimum Gasteiger partial charge on any atom is -0.239 e. The zero-order valence-electron chi connectivity index (χ0n) is 6.30. The maximum absolute atomic E-state index is 12.8. The van der Waals surface area contributed by atoms with Crippen molar-refractivity contribution in [3.63, 3.8) is 0 Å². The fourth-order valence-corrected chi connectivity index (χ4v) is 2.58. The van der Waals surface area contributed by atoms with E-state index in [0.717, 1.165) is 0 Å². The molecule has 84 valence electrons. The van der Waals surface area contributed by atoms with Crippen LogP contribution in [0.25, 0.3) is 0 Å².